The highest BCUT2D eigenvalue weighted by Gasteiger charge is 2.43. The van der Waals surface area contributed by atoms with E-state index in [1.54, 1.807) is 0 Å². The Hall–Kier alpha value is -1.84. The first-order valence-electron chi connectivity index (χ1n) is 10.2. The van der Waals surface area contributed by atoms with E-state index < -0.39 is 5.60 Å². The lowest BCUT2D eigenvalue weighted by Crippen LogP contribution is -2.49. The van der Waals surface area contributed by atoms with Gasteiger partial charge in [0.25, 0.3) is 0 Å². The van der Waals surface area contributed by atoms with Gasteiger partial charge in [-0.25, -0.2) is 0 Å². The van der Waals surface area contributed by atoms with Crippen LogP contribution in [0.15, 0.2) is 54.6 Å². The van der Waals surface area contributed by atoms with Gasteiger partial charge in [0.15, 0.2) is 0 Å². The summed E-state index contributed by atoms with van der Waals surface area (Å²) < 4.78 is 6.05. The zero-order valence-electron chi connectivity index (χ0n) is 16.8. The van der Waals surface area contributed by atoms with Gasteiger partial charge in [0, 0.05) is 38.4 Å². The first-order valence-corrected chi connectivity index (χ1v) is 10.2. The molecule has 4 rings (SSSR count). The third-order valence-electron chi connectivity index (χ3n) is 6.52. The van der Waals surface area contributed by atoms with Crippen molar-refractivity contribution in [3.8, 4) is 0 Å². The summed E-state index contributed by atoms with van der Waals surface area (Å²) in [5.74, 6) is 0.456. The predicted molar refractivity (Wildman–Crippen MR) is 115 cm³/mol. The molecule has 2 aromatic rings. The second-order valence-electron chi connectivity index (χ2n) is 7.98. The summed E-state index contributed by atoms with van der Waals surface area (Å²) in [6.45, 7) is 6.16. The van der Waals surface area contributed by atoms with E-state index in [1.807, 2.05) is 25.1 Å². The number of carbonyl (C=O) groups excluding carboxylic acids is 1. The third-order valence-corrected chi connectivity index (χ3v) is 6.52. The first kappa shape index (κ1) is 20.9. The largest absolute Gasteiger partial charge is 0.454 e. The number of nitrogens with zero attached hydrogens (tertiary/aromatic N) is 1. The standard InChI is InChI=1S/C24H29NO2.ClH/c1-3-23(26)27-24(20-10-5-4-6-11-20)13-15-25(16-14-24)22-17-19-9-7-8-12-21(19)18(22)2;/h4-12,18,22H,3,13-17H2,1-2H3;1H. The Morgan fingerprint density at radius 1 is 1.07 bits per heavy atom. The van der Waals surface area contributed by atoms with E-state index in [0.717, 1.165) is 37.9 Å². The van der Waals surface area contributed by atoms with Gasteiger partial charge in [-0.15, -0.1) is 12.4 Å². The molecule has 0 saturated carbocycles. The molecule has 0 radical (unpaired) electrons. The van der Waals surface area contributed by atoms with Crippen molar-refractivity contribution >= 4 is 18.4 Å². The molecule has 1 aliphatic carbocycles. The molecule has 1 aliphatic heterocycles. The second kappa shape index (κ2) is 8.67. The Morgan fingerprint density at radius 3 is 2.36 bits per heavy atom. The number of hydrogen-bond donors (Lipinski definition) is 0. The number of piperidine rings is 1. The van der Waals surface area contributed by atoms with Gasteiger partial charge in [-0.2, -0.15) is 0 Å². The Bertz CT molecular complexity index is 799. The summed E-state index contributed by atoms with van der Waals surface area (Å²) in [7, 11) is 0. The number of hydrogen-bond acceptors (Lipinski definition) is 3. The van der Waals surface area contributed by atoms with Gasteiger partial charge in [0.05, 0.1) is 0 Å². The van der Waals surface area contributed by atoms with E-state index in [-0.39, 0.29) is 18.4 Å². The molecule has 1 heterocycles. The SMILES string of the molecule is CCC(=O)OC1(c2ccccc2)CCN(C2Cc3ccccc3C2C)CC1.Cl. The van der Waals surface area contributed by atoms with Crippen LogP contribution in [0.5, 0.6) is 0 Å². The van der Waals surface area contributed by atoms with Crippen LogP contribution in [-0.2, 0) is 21.6 Å². The van der Waals surface area contributed by atoms with Gasteiger partial charge < -0.3 is 4.74 Å². The molecule has 28 heavy (non-hydrogen) atoms. The van der Waals surface area contributed by atoms with Crippen LogP contribution >= 0.6 is 12.4 Å². The minimum atomic E-state index is -0.473. The molecule has 0 bridgehead atoms. The Morgan fingerprint density at radius 2 is 1.71 bits per heavy atom. The molecule has 1 fully saturated rings. The molecule has 3 nitrogen and oxygen atoms in total. The number of rotatable bonds is 4. The molecule has 150 valence electrons. The number of halogens is 1. The maximum Gasteiger partial charge on any atom is 0.306 e. The Labute approximate surface area is 174 Å². The Balaban J connectivity index is 0.00000225. The number of fused-ring (bicyclic) bond motifs is 1. The van der Waals surface area contributed by atoms with Crippen LogP contribution in [0.25, 0.3) is 0 Å². The van der Waals surface area contributed by atoms with Crippen molar-refractivity contribution in [3.05, 3.63) is 71.3 Å². The fourth-order valence-electron chi connectivity index (χ4n) is 4.92. The van der Waals surface area contributed by atoms with Crippen molar-refractivity contribution in [2.75, 3.05) is 13.1 Å². The van der Waals surface area contributed by atoms with Crippen molar-refractivity contribution < 1.29 is 9.53 Å². The van der Waals surface area contributed by atoms with Crippen molar-refractivity contribution in [1.29, 1.82) is 0 Å². The Kier molecular flexibility index (Phi) is 6.47. The highest BCUT2D eigenvalue weighted by atomic mass is 35.5. The van der Waals surface area contributed by atoms with Crippen LogP contribution in [0.1, 0.15) is 55.7 Å². The van der Waals surface area contributed by atoms with Gasteiger partial charge >= 0.3 is 5.97 Å². The lowest BCUT2D eigenvalue weighted by Gasteiger charge is -2.44. The van der Waals surface area contributed by atoms with Crippen LogP contribution in [0.3, 0.4) is 0 Å². The normalized spacial score (nSPS) is 23.5. The van der Waals surface area contributed by atoms with Gasteiger partial charge in [0.2, 0.25) is 0 Å². The van der Waals surface area contributed by atoms with E-state index in [4.69, 9.17) is 4.74 Å². The van der Waals surface area contributed by atoms with E-state index in [2.05, 4.69) is 48.2 Å². The molecule has 0 aromatic heterocycles. The minimum Gasteiger partial charge on any atom is -0.454 e. The van der Waals surface area contributed by atoms with Crippen molar-refractivity contribution in [2.45, 2.75) is 57.1 Å². The number of esters is 1. The predicted octanol–water partition coefficient (Wildman–Crippen LogP) is 5.08. The quantitative estimate of drug-likeness (QED) is 0.671. The van der Waals surface area contributed by atoms with Crippen molar-refractivity contribution in [3.63, 3.8) is 0 Å². The molecular weight excluding hydrogens is 370 g/mol. The zero-order valence-corrected chi connectivity index (χ0v) is 17.6. The summed E-state index contributed by atoms with van der Waals surface area (Å²) in [4.78, 5) is 14.8. The second-order valence-corrected chi connectivity index (χ2v) is 7.98. The number of ether oxygens (including phenoxy) is 1. The lowest BCUT2D eigenvalue weighted by molar-refractivity contribution is -0.167. The smallest absolute Gasteiger partial charge is 0.306 e. The number of likely N-dealkylation sites (tertiary alicyclic amines) is 1. The van der Waals surface area contributed by atoms with Gasteiger partial charge in [-0.3, -0.25) is 9.69 Å². The first-order chi connectivity index (χ1) is 13.1. The molecule has 2 atom stereocenters. The molecule has 2 aromatic carbocycles. The van der Waals surface area contributed by atoms with Gasteiger partial charge in [-0.1, -0.05) is 68.4 Å². The molecule has 2 aliphatic rings. The summed E-state index contributed by atoms with van der Waals surface area (Å²) in [5.41, 5.74) is 3.65. The maximum absolute atomic E-state index is 12.2. The van der Waals surface area contributed by atoms with E-state index >= 15 is 0 Å². The fraction of sp³-hybridized carbons (Fsp3) is 0.458. The maximum atomic E-state index is 12.2. The summed E-state index contributed by atoms with van der Waals surface area (Å²) in [5, 5.41) is 0. The summed E-state index contributed by atoms with van der Waals surface area (Å²) in [6.07, 6.45) is 3.28. The molecule has 2 unspecified atom stereocenters. The minimum absolute atomic E-state index is 0. The van der Waals surface area contributed by atoms with Gasteiger partial charge in [0.1, 0.15) is 5.60 Å². The molecule has 0 amide bonds. The number of benzene rings is 2. The average molecular weight is 400 g/mol. The molecule has 0 N–H and O–H groups in total. The topological polar surface area (TPSA) is 29.5 Å². The molecule has 1 saturated heterocycles. The molecule has 0 spiro atoms. The summed E-state index contributed by atoms with van der Waals surface area (Å²) in [6, 6.07) is 19.7. The fourth-order valence-corrected chi connectivity index (χ4v) is 4.92. The van der Waals surface area contributed by atoms with Crippen molar-refractivity contribution in [2.24, 2.45) is 0 Å². The molecule has 4 heteroatoms. The van der Waals surface area contributed by atoms with Crippen LogP contribution < -0.4 is 0 Å². The van der Waals surface area contributed by atoms with Crippen molar-refractivity contribution in [1.82, 2.24) is 4.90 Å². The highest BCUT2D eigenvalue weighted by Crippen LogP contribution is 2.42. The van der Waals surface area contributed by atoms with Crippen LogP contribution in [0, 0.1) is 0 Å². The number of carbonyl (C=O) groups is 1. The van der Waals surface area contributed by atoms with E-state index in [1.165, 1.54) is 11.1 Å². The zero-order chi connectivity index (χ0) is 18.9. The van der Waals surface area contributed by atoms with Crippen LogP contribution in [0.2, 0.25) is 0 Å². The molecular formula is C24H30ClNO2. The average Bonchev–Trinajstić information content (AvgIpc) is 3.06. The lowest BCUT2D eigenvalue weighted by atomic mass is 9.83. The monoisotopic (exact) mass is 399 g/mol. The highest BCUT2D eigenvalue weighted by molar-refractivity contribution is 5.85. The summed E-state index contributed by atoms with van der Waals surface area (Å²) >= 11 is 0. The van der Waals surface area contributed by atoms with E-state index in [0.29, 0.717) is 18.4 Å². The van der Waals surface area contributed by atoms with Crippen LogP contribution in [-0.4, -0.2) is 30.0 Å². The van der Waals surface area contributed by atoms with Crippen LogP contribution in [0.4, 0.5) is 0 Å². The van der Waals surface area contributed by atoms with E-state index in [9.17, 15) is 4.79 Å². The third kappa shape index (κ3) is 3.83. The van der Waals surface area contributed by atoms with Gasteiger partial charge in [-0.05, 0) is 29.0 Å².